The number of aromatic amines is 1. The molecule has 0 radical (unpaired) electrons. The normalized spacial score (nSPS) is 10.7. The summed E-state index contributed by atoms with van der Waals surface area (Å²) in [5, 5.41) is 7.91. The maximum absolute atomic E-state index is 12.1. The second kappa shape index (κ2) is 7.60. The third-order valence-corrected chi connectivity index (χ3v) is 4.68. The lowest BCUT2D eigenvalue weighted by Gasteiger charge is -2.09. The van der Waals surface area contributed by atoms with Gasteiger partial charge in [-0.1, -0.05) is 36.4 Å². The summed E-state index contributed by atoms with van der Waals surface area (Å²) in [4.78, 5) is 19.6. The van der Waals surface area contributed by atoms with Crippen LogP contribution >= 0.6 is 9.24 Å². The molecule has 0 fully saturated rings. The highest BCUT2D eigenvalue weighted by molar-refractivity contribution is 7.27. The molecule has 6 heteroatoms. The van der Waals surface area contributed by atoms with Gasteiger partial charge in [-0.25, -0.2) is 9.78 Å². The van der Waals surface area contributed by atoms with E-state index in [1.54, 1.807) is 6.20 Å². The Morgan fingerprint density at radius 3 is 2.74 bits per heavy atom. The van der Waals surface area contributed by atoms with Crippen molar-refractivity contribution in [1.82, 2.24) is 15.3 Å². The van der Waals surface area contributed by atoms with E-state index in [1.165, 1.54) is 0 Å². The summed E-state index contributed by atoms with van der Waals surface area (Å²) in [6.07, 6.45) is 3.67. The van der Waals surface area contributed by atoms with E-state index in [4.69, 9.17) is 0 Å². The molecule has 0 aliphatic carbocycles. The van der Waals surface area contributed by atoms with Gasteiger partial charge < -0.3 is 15.6 Å². The third-order valence-electron chi connectivity index (χ3n) is 4.32. The SMILES string of the molecule is O=C(NCc1cccc(P)c1)Nc1ccc(-c2ccnc3[nH]ccc23)cc1. The van der Waals surface area contributed by atoms with Gasteiger partial charge in [-0.15, -0.1) is 9.24 Å². The van der Waals surface area contributed by atoms with E-state index in [2.05, 4.69) is 29.8 Å². The Morgan fingerprint density at radius 1 is 1.07 bits per heavy atom. The monoisotopic (exact) mass is 374 g/mol. The van der Waals surface area contributed by atoms with Gasteiger partial charge in [-0.3, -0.25) is 0 Å². The number of hydrogen-bond acceptors (Lipinski definition) is 2. The number of anilines is 1. The molecule has 0 bridgehead atoms. The molecule has 3 N–H and O–H groups in total. The van der Waals surface area contributed by atoms with Crippen LogP contribution in [0.15, 0.2) is 73.1 Å². The summed E-state index contributed by atoms with van der Waals surface area (Å²) >= 11 is 0. The maximum Gasteiger partial charge on any atom is 0.319 e. The van der Waals surface area contributed by atoms with E-state index in [9.17, 15) is 4.79 Å². The minimum Gasteiger partial charge on any atom is -0.346 e. The number of pyridine rings is 1. The zero-order valence-corrected chi connectivity index (χ0v) is 15.7. The molecular formula is C21H19N4OP. The fourth-order valence-corrected chi connectivity index (χ4v) is 3.33. The van der Waals surface area contributed by atoms with Crippen LogP contribution < -0.4 is 15.9 Å². The number of amides is 2. The van der Waals surface area contributed by atoms with Crippen molar-refractivity contribution >= 4 is 37.3 Å². The zero-order valence-electron chi connectivity index (χ0n) is 14.6. The summed E-state index contributed by atoms with van der Waals surface area (Å²) in [7, 11) is 2.65. The standard InChI is InChI=1S/C21H19N4OP/c26-21(24-13-14-2-1-3-17(27)12-14)25-16-6-4-15(5-7-16)18-8-10-22-20-19(18)9-11-23-20/h1-12H,13,27H2,(H,22,23)(H2,24,25,26). The Labute approximate surface area is 159 Å². The van der Waals surface area contributed by atoms with E-state index in [-0.39, 0.29) is 6.03 Å². The summed E-state index contributed by atoms with van der Waals surface area (Å²) in [5.74, 6) is 0. The molecule has 2 heterocycles. The second-order valence-corrected chi connectivity index (χ2v) is 6.90. The van der Waals surface area contributed by atoms with Crippen LogP contribution in [0.4, 0.5) is 10.5 Å². The molecular weight excluding hydrogens is 355 g/mol. The molecule has 5 nitrogen and oxygen atoms in total. The summed E-state index contributed by atoms with van der Waals surface area (Å²) in [6, 6.07) is 19.5. The predicted molar refractivity (Wildman–Crippen MR) is 113 cm³/mol. The quantitative estimate of drug-likeness (QED) is 0.472. The molecule has 27 heavy (non-hydrogen) atoms. The second-order valence-electron chi connectivity index (χ2n) is 6.23. The van der Waals surface area contributed by atoms with Gasteiger partial charge in [0.1, 0.15) is 5.65 Å². The summed E-state index contributed by atoms with van der Waals surface area (Å²) in [6.45, 7) is 0.481. The maximum atomic E-state index is 12.1. The first kappa shape index (κ1) is 17.3. The first-order valence-corrected chi connectivity index (χ1v) is 9.18. The largest absolute Gasteiger partial charge is 0.346 e. The van der Waals surface area contributed by atoms with E-state index in [0.29, 0.717) is 6.54 Å². The highest BCUT2D eigenvalue weighted by Gasteiger charge is 2.06. The van der Waals surface area contributed by atoms with Crippen molar-refractivity contribution in [2.45, 2.75) is 6.54 Å². The van der Waals surface area contributed by atoms with E-state index >= 15 is 0 Å². The van der Waals surface area contributed by atoms with Crippen molar-refractivity contribution in [3.63, 3.8) is 0 Å². The Balaban J connectivity index is 1.42. The van der Waals surface area contributed by atoms with Gasteiger partial charge in [-0.2, -0.15) is 0 Å². The molecule has 4 rings (SSSR count). The number of urea groups is 1. The third kappa shape index (κ3) is 3.99. The average Bonchev–Trinajstić information content (AvgIpc) is 3.16. The number of hydrogen-bond donors (Lipinski definition) is 3. The molecule has 0 saturated heterocycles. The molecule has 0 aliphatic heterocycles. The van der Waals surface area contributed by atoms with Crippen molar-refractivity contribution in [2.75, 3.05) is 5.32 Å². The zero-order chi connectivity index (χ0) is 18.6. The van der Waals surface area contributed by atoms with Crippen LogP contribution in [0, 0.1) is 0 Å². The lowest BCUT2D eigenvalue weighted by atomic mass is 10.0. The lowest BCUT2D eigenvalue weighted by molar-refractivity contribution is 0.251. The van der Waals surface area contributed by atoms with E-state index in [1.807, 2.05) is 66.9 Å². The highest BCUT2D eigenvalue weighted by atomic mass is 31.0. The molecule has 1 atom stereocenters. The van der Waals surface area contributed by atoms with Crippen LogP contribution in [0.3, 0.4) is 0 Å². The first-order chi connectivity index (χ1) is 13.2. The Kier molecular flexibility index (Phi) is 4.86. The van der Waals surface area contributed by atoms with Gasteiger partial charge in [-0.05, 0) is 46.3 Å². The highest BCUT2D eigenvalue weighted by Crippen LogP contribution is 2.27. The number of carbonyl (C=O) groups excluding carboxylic acids is 1. The number of carbonyl (C=O) groups is 1. The lowest BCUT2D eigenvalue weighted by Crippen LogP contribution is -2.28. The Bertz CT molecular complexity index is 1090. The van der Waals surface area contributed by atoms with Crippen molar-refractivity contribution in [2.24, 2.45) is 0 Å². The van der Waals surface area contributed by atoms with E-state index < -0.39 is 0 Å². The number of benzene rings is 2. The Morgan fingerprint density at radius 2 is 1.93 bits per heavy atom. The van der Waals surface area contributed by atoms with Crippen LogP contribution in [0.25, 0.3) is 22.2 Å². The van der Waals surface area contributed by atoms with Gasteiger partial charge in [0.05, 0.1) is 0 Å². The van der Waals surface area contributed by atoms with E-state index in [0.717, 1.165) is 38.7 Å². The molecule has 0 aliphatic rings. The molecule has 2 aromatic heterocycles. The fraction of sp³-hybridized carbons (Fsp3) is 0.0476. The number of fused-ring (bicyclic) bond motifs is 1. The van der Waals surface area contributed by atoms with Crippen molar-refractivity contribution < 1.29 is 4.79 Å². The topological polar surface area (TPSA) is 69.8 Å². The van der Waals surface area contributed by atoms with Crippen molar-refractivity contribution in [3.8, 4) is 11.1 Å². The van der Waals surface area contributed by atoms with Crippen LogP contribution in [0.1, 0.15) is 5.56 Å². The van der Waals surface area contributed by atoms with Gasteiger partial charge in [0.15, 0.2) is 0 Å². The van der Waals surface area contributed by atoms with Crippen LogP contribution in [0.5, 0.6) is 0 Å². The molecule has 0 saturated carbocycles. The predicted octanol–water partition coefficient (Wildman–Crippen LogP) is 4.05. The first-order valence-electron chi connectivity index (χ1n) is 8.61. The number of nitrogens with one attached hydrogen (secondary N) is 3. The Hall–Kier alpha value is -3.17. The van der Waals surface area contributed by atoms with Gasteiger partial charge in [0.25, 0.3) is 0 Å². The smallest absolute Gasteiger partial charge is 0.319 e. The molecule has 2 aromatic carbocycles. The number of nitrogens with zero attached hydrogens (tertiary/aromatic N) is 1. The molecule has 134 valence electrons. The number of H-pyrrole nitrogens is 1. The van der Waals surface area contributed by atoms with Crippen molar-refractivity contribution in [1.29, 1.82) is 0 Å². The minimum atomic E-state index is -0.228. The summed E-state index contributed by atoms with van der Waals surface area (Å²) < 4.78 is 0. The average molecular weight is 374 g/mol. The van der Waals surface area contributed by atoms with Crippen LogP contribution in [0.2, 0.25) is 0 Å². The number of rotatable bonds is 4. The molecule has 2 amide bonds. The molecule has 1 unspecified atom stereocenters. The van der Waals surface area contributed by atoms with Crippen molar-refractivity contribution in [3.05, 3.63) is 78.6 Å². The molecule has 4 aromatic rings. The van der Waals surface area contributed by atoms with Gasteiger partial charge in [0.2, 0.25) is 0 Å². The number of aromatic nitrogens is 2. The summed E-state index contributed by atoms with van der Waals surface area (Å²) in [5.41, 5.74) is 4.85. The van der Waals surface area contributed by atoms with Crippen LogP contribution in [-0.4, -0.2) is 16.0 Å². The fourth-order valence-electron chi connectivity index (χ4n) is 3.01. The van der Waals surface area contributed by atoms with Gasteiger partial charge in [0, 0.05) is 30.0 Å². The van der Waals surface area contributed by atoms with Crippen LogP contribution in [-0.2, 0) is 6.54 Å². The molecule has 0 spiro atoms. The van der Waals surface area contributed by atoms with Gasteiger partial charge >= 0.3 is 6.03 Å². The minimum absolute atomic E-state index is 0.228.